The summed E-state index contributed by atoms with van der Waals surface area (Å²) >= 11 is 0. The molecule has 0 radical (unpaired) electrons. The number of rotatable bonds is 9. The van der Waals surface area contributed by atoms with Crippen LogP contribution in [0, 0.1) is 12.7 Å². The molecule has 0 saturated heterocycles. The van der Waals surface area contributed by atoms with Crippen molar-refractivity contribution in [3.8, 4) is 0 Å². The van der Waals surface area contributed by atoms with Crippen LogP contribution in [0.3, 0.4) is 0 Å². The largest absolute Gasteiger partial charge is 0.385 e. The number of methoxy groups -OCH3 is 1. The second-order valence-corrected chi connectivity index (χ2v) is 5.99. The van der Waals surface area contributed by atoms with E-state index in [1.165, 1.54) is 36.7 Å². The minimum atomic E-state index is -0.373. The molecule has 27 heavy (non-hydrogen) atoms. The van der Waals surface area contributed by atoms with Crippen LogP contribution in [0.4, 0.5) is 10.1 Å². The maximum atomic E-state index is 12.9. The number of aromatic nitrogens is 2. The van der Waals surface area contributed by atoms with E-state index in [4.69, 9.17) is 4.74 Å². The Morgan fingerprint density at radius 1 is 1.15 bits per heavy atom. The fraction of sp³-hybridized carbons (Fsp3) is 0.368. The van der Waals surface area contributed by atoms with E-state index >= 15 is 0 Å². The van der Waals surface area contributed by atoms with Crippen LogP contribution in [0.2, 0.25) is 0 Å². The molecule has 1 N–H and O–H groups in total. The Balaban J connectivity index is 1.96. The van der Waals surface area contributed by atoms with Crippen molar-refractivity contribution in [2.24, 2.45) is 0 Å². The number of nitrogens with one attached hydrogen (secondary N) is 1. The molecule has 0 saturated carbocycles. The van der Waals surface area contributed by atoms with Gasteiger partial charge in [-0.15, -0.1) is 0 Å². The first-order chi connectivity index (χ1) is 13.0. The highest BCUT2D eigenvalue weighted by molar-refractivity contribution is 5.93. The molecule has 0 atom stereocenters. The van der Waals surface area contributed by atoms with Gasteiger partial charge in [0, 0.05) is 45.1 Å². The van der Waals surface area contributed by atoms with Gasteiger partial charge in [-0.1, -0.05) is 0 Å². The Morgan fingerprint density at radius 2 is 1.89 bits per heavy atom. The zero-order chi connectivity index (χ0) is 19.6. The third-order valence-corrected chi connectivity index (χ3v) is 3.80. The first kappa shape index (κ1) is 20.4. The summed E-state index contributed by atoms with van der Waals surface area (Å²) in [6.07, 6.45) is 3.71. The van der Waals surface area contributed by atoms with Crippen molar-refractivity contribution in [2.45, 2.75) is 19.8 Å². The number of ether oxygens (including phenoxy) is 1. The minimum absolute atomic E-state index is 0.107. The van der Waals surface area contributed by atoms with Gasteiger partial charge in [0.1, 0.15) is 11.5 Å². The third-order valence-electron chi connectivity index (χ3n) is 3.80. The molecule has 1 heterocycles. The fourth-order valence-corrected chi connectivity index (χ4v) is 2.37. The Labute approximate surface area is 157 Å². The number of benzene rings is 1. The molecule has 7 nitrogen and oxygen atoms in total. The van der Waals surface area contributed by atoms with Gasteiger partial charge in [-0.05, 0) is 37.6 Å². The lowest BCUT2D eigenvalue weighted by Gasteiger charge is -2.22. The monoisotopic (exact) mass is 374 g/mol. The number of amides is 2. The van der Waals surface area contributed by atoms with Gasteiger partial charge in [-0.25, -0.2) is 9.37 Å². The number of hydrogen-bond donors (Lipinski definition) is 1. The maximum Gasteiger partial charge on any atom is 0.274 e. The van der Waals surface area contributed by atoms with Gasteiger partial charge in [0.2, 0.25) is 5.91 Å². The van der Waals surface area contributed by atoms with Crippen molar-refractivity contribution >= 4 is 17.5 Å². The molecular formula is C19H23FN4O3. The molecule has 2 aromatic rings. The summed E-state index contributed by atoms with van der Waals surface area (Å²) in [4.78, 5) is 34.6. The Hall–Kier alpha value is -2.87. The quantitative estimate of drug-likeness (QED) is 0.682. The van der Waals surface area contributed by atoms with Crippen molar-refractivity contribution in [2.75, 3.05) is 32.1 Å². The molecule has 1 aromatic heterocycles. The fourth-order valence-electron chi connectivity index (χ4n) is 2.37. The van der Waals surface area contributed by atoms with Crippen LogP contribution in [0.1, 0.15) is 29.0 Å². The van der Waals surface area contributed by atoms with Gasteiger partial charge in [0.15, 0.2) is 0 Å². The van der Waals surface area contributed by atoms with Crippen LogP contribution in [-0.2, 0) is 9.53 Å². The number of nitrogens with zero attached hydrogens (tertiary/aromatic N) is 3. The maximum absolute atomic E-state index is 12.9. The molecule has 2 amide bonds. The lowest BCUT2D eigenvalue weighted by Crippen LogP contribution is -2.35. The van der Waals surface area contributed by atoms with E-state index in [-0.39, 0.29) is 36.3 Å². The van der Waals surface area contributed by atoms with E-state index in [0.717, 1.165) is 5.69 Å². The molecule has 0 bridgehead atoms. The summed E-state index contributed by atoms with van der Waals surface area (Å²) in [6, 6.07) is 5.51. The Bertz CT molecular complexity index is 751. The molecule has 8 heteroatoms. The first-order valence-corrected chi connectivity index (χ1v) is 8.62. The standard InChI is InChI=1S/C19H23FN4O3/c1-14-12-22-17(13-21-14)19(26)24(9-3-11-27-2)10-8-18(25)23-16-6-4-15(20)5-7-16/h4-7,12-13H,3,8-11H2,1-2H3,(H,23,25). The van der Waals surface area contributed by atoms with Gasteiger partial charge < -0.3 is 15.0 Å². The van der Waals surface area contributed by atoms with Gasteiger partial charge in [-0.3, -0.25) is 14.6 Å². The summed E-state index contributed by atoms with van der Waals surface area (Å²) in [5.41, 5.74) is 1.45. The highest BCUT2D eigenvalue weighted by Crippen LogP contribution is 2.09. The molecule has 0 aliphatic carbocycles. The highest BCUT2D eigenvalue weighted by atomic mass is 19.1. The number of carbonyl (C=O) groups excluding carboxylic acids is 2. The average molecular weight is 374 g/mol. The van der Waals surface area contributed by atoms with Crippen LogP contribution < -0.4 is 5.32 Å². The summed E-state index contributed by atoms with van der Waals surface area (Å²) in [5.74, 6) is -0.920. The summed E-state index contributed by atoms with van der Waals surface area (Å²) < 4.78 is 18.0. The van der Waals surface area contributed by atoms with Crippen molar-refractivity contribution in [3.05, 3.63) is 53.9 Å². The van der Waals surface area contributed by atoms with Crippen LogP contribution >= 0.6 is 0 Å². The van der Waals surface area contributed by atoms with Gasteiger partial charge >= 0.3 is 0 Å². The van der Waals surface area contributed by atoms with Gasteiger partial charge in [0.25, 0.3) is 5.91 Å². The predicted octanol–water partition coefficient (Wildman–Crippen LogP) is 2.43. The van der Waals surface area contributed by atoms with Crippen molar-refractivity contribution in [3.63, 3.8) is 0 Å². The highest BCUT2D eigenvalue weighted by Gasteiger charge is 2.18. The normalized spacial score (nSPS) is 10.5. The van der Waals surface area contributed by atoms with E-state index in [1.54, 1.807) is 18.9 Å². The number of anilines is 1. The second kappa shape index (κ2) is 10.3. The molecule has 0 unspecified atom stereocenters. The van der Waals surface area contributed by atoms with E-state index in [2.05, 4.69) is 15.3 Å². The number of halogens is 1. The molecule has 0 fully saturated rings. The molecule has 0 spiro atoms. The summed E-state index contributed by atoms with van der Waals surface area (Å²) in [6.45, 7) is 2.96. The Kier molecular flexibility index (Phi) is 7.81. The average Bonchev–Trinajstić information content (AvgIpc) is 2.66. The minimum Gasteiger partial charge on any atom is -0.385 e. The number of hydrogen-bond acceptors (Lipinski definition) is 5. The van der Waals surface area contributed by atoms with Gasteiger partial charge in [0.05, 0.1) is 11.9 Å². The molecule has 0 aliphatic heterocycles. The first-order valence-electron chi connectivity index (χ1n) is 8.62. The molecule has 144 valence electrons. The van der Waals surface area contributed by atoms with Crippen molar-refractivity contribution in [1.29, 1.82) is 0 Å². The van der Waals surface area contributed by atoms with Crippen LogP contribution in [0.5, 0.6) is 0 Å². The SMILES string of the molecule is COCCCN(CCC(=O)Nc1ccc(F)cc1)C(=O)c1cnc(C)cn1. The predicted molar refractivity (Wildman–Crippen MR) is 98.8 cm³/mol. The van der Waals surface area contributed by atoms with E-state index < -0.39 is 0 Å². The van der Waals surface area contributed by atoms with Crippen LogP contribution in [-0.4, -0.2) is 53.5 Å². The van der Waals surface area contributed by atoms with E-state index in [0.29, 0.717) is 25.3 Å². The van der Waals surface area contributed by atoms with Gasteiger partial charge in [-0.2, -0.15) is 0 Å². The molecule has 0 aliphatic rings. The molecule has 1 aromatic carbocycles. The zero-order valence-electron chi connectivity index (χ0n) is 15.4. The zero-order valence-corrected chi connectivity index (χ0v) is 15.4. The topological polar surface area (TPSA) is 84.4 Å². The number of carbonyl (C=O) groups is 2. The van der Waals surface area contributed by atoms with Crippen LogP contribution in [0.15, 0.2) is 36.7 Å². The lowest BCUT2D eigenvalue weighted by atomic mass is 10.2. The number of aryl methyl sites for hydroxylation is 1. The molecular weight excluding hydrogens is 351 g/mol. The second-order valence-electron chi connectivity index (χ2n) is 5.99. The summed E-state index contributed by atoms with van der Waals surface area (Å²) in [7, 11) is 1.59. The van der Waals surface area contributed by atoms with Crippen molar-refractivity contribution < 1.29 is 18.7 Å². The van der Waals surface area contributed by atoms with Crippen molar-refractivity contribution in [1.82, 2.24) is 14.9 Å². The smallest absolute Gasteiger partial charge is 0.274 e. The third kappa shape index (κ3) is 6.74. The molecule has 2 rings (SSSR count). The van der Waals surface area contributed by atoms with Crippen LogP contribution in [0.25, 0.3) is 0 Å². The van der Waals surface area contributed by atoms with E-state index in [9.17, 15) is 14.0 Å². The summed E-state index contributed by atoms with van der Waals surface area (Å²) in [5, 5.41) is 2.68. The Morgan fingerprint density at radius 3 is 2.52 bits per heavy atom. The van der Waals surface area contributed by atoms with E-state index in [1.807, 2.05) is 0 Å². The lowest BCUT2D eigenvalue weighted by molar-refractivity contribution is -0.116.